The maximum absolute atomic E-state index is 12.3. The summed E-state index contributed by atoms with van der Waals surface area (Å²) >= 11 is 1.58. The Hall–Kier alpha value is -1.74. The van der Waals surface area contributed by atoms with Crippen molar-refractivity contribution in [2.24, 2.45) is 0 Å². The van der Waals surface area contributed by atoms with Gasteiger partial charge in [0.25, 0.3) is 0 Å². The summed E-state index contributed by atoms with van der Waals surface area (Å²) in [6, 6.07) is 16.3. The van der Waals surface area contributed by atoms with Gasteiger partial charge in [-0.3, -0.25) is 4.79 Å². The van der Waals surface area contributed by atoms with Gasteiger partial charge < -0.3 is 5.32 Å². The minimum absolute atomic E-state index is 0.0304. The molecule has 0 aromatic heterocycles. The van der Waals surface area contributed by atoms with Crippen LogP contribution in [0.15, 0.2) is 53.4 Å². The number of carbonyl (C=O) groups excluding carboxylic acids is 1. The Bertz CT molecular complexity index is 617. The summed E-state index contributed by atoms with van der Waals surface area (Å²) in [5, 5.41) is 2.85. The van der Waals surface area contributed by atoms with Crippen molar-refractivity contribution in [1.82, 2.24) is 0 Å². The molecule has 1 amide bonds. The summed E-state index contributed by atoms with van der Waals surface area (Å²) in [4.78, 5) is 13.4. The first-order valence-corrected chi connectivity index (χ1v) is 8.48. The van der Waals surface area contributed by atoms with Gasteiger partial charge in [0.1, 0.15) is 0 Å². The predicted octanol–water partition coefficient (Wildman–Crippen LogP) is 5.24. The van der Waals surface area contributed by atoms with E-state index in [0.717, 1.165) is 10.6 Å². The number of thioether (sulfide) groups is 1. The van der Waals surface area contributed by atoms with E-state index in [2.05, 4.69) is 62.5 Å². The first-order valence-electron chi connectivity index (χ1n) is 7.60. The van der Waals surface area contributed by atoms with Crippen LogP contribution < -0.4 is 5.32 Å². The molecule has 0 fully saturated rings. The number of nitrogens with one attached hydrogen (secondary N) is 1. The van der Waals surface area contributed by atoms with Crippen LogP contribution >= 0.6 is 11.8 Å². The van der Waals surface area contributed by atoms with Crippen LogP contribution in [0.5, 0.6) is 0 Å². The molecule has 1 unspecified atom stereocenters. The lowest BCUT2D eigenvalue weighted by atomic mass is 10.0. The maximum Gasteiger partial charge on any atom is 0.237 e. The molecule has 0 heterocycles. The molecule has 0 aliphatic heterocycles. The van der Waals surface area contributed by atoms with E-state index in [4.69, 9.17) is 0 Å². The Morgan fingerprint density at radius 2 is 1.55 bits per heavy atom. The smallest absolute Gasteiger partial charge is 0.237 e. The molecular weight excluding hydrogens is 290 g/mol. The fourth-order valence-electron chi connectivity index (χ4n) is 2.07. The number of carbonyl (C=O) groups is 1. The van der Waals surface area contributed by atoms with E-state index in [1.807, 2.05) is 19.1 Å². The number of hydrogen-bond donors (Lipinski definition) is 1. The molecule has 1 N–H and O–H groups in total. The zero-order valence-corrected chi connectivity index (χ0v) is 14.4. The van der Waals surface area contributed by atoms with E-state index in [9.17, 15) is 4.79 Å². The van der Waals surface area contributed by atoms with Crippen LogP contribution in [-0.2, 0) is 4.79 Å². The van der Waals surface area contributed by atoms with Crippen LogP contribution in [0.25, 0.3) is 0 Å². The van der Waals surface area contributed by atoms with Crippen molar-refractivity contribution in [3.63, 3.8) is 0 Å². The Morgan fingerprint density at radius 1 is 0.955 bits per heavy atom. The van der Waals surface area contributed by atoms with Gasteiger partial charge in [-0.15, -0.1) is 11.8 Å². The molecular formula is C19H23NOS. The van der Waals surface area contributed by atoms with Gasteiger partial charge in [0.15, 0.2) is 0 Å². The minimum Gasteiger partial charge on any atom is -0.325 e. The number of rotatable bonds is 5. The second-order valence-corrected chi connectivity index (χ2v) is 7.25. The highest BCUT2D eigenvalue weighted by molar-refractivity contribution is 8.00. The normalized spacial score (nSPS) is 12.2. The second kappa shape index (κ2) is 7.50. The highest BCUT2D eigenvalue weighted by Gasteiger charge is 2.14. The SMILES string of the molecule is Cc1ccc(SC(C)C(=O)Nc2ccc(C(C)C)cc2)cc1. The van der Waals surface area contributed by atoms with Crippen LogP contribution in [0, 0.1) is 6.92 Å². The predicted molar refractivity (Wildman–Crippen MR) is 95.7 cm³/mol. The molecule has 0 saturated heterocycles. The van der Waals surface area contributed by atoms with Crippen LogP contribution in [0.4, 0.5) is 5.69 Å². The molecule has 0 spiro atoms. The summed E-state index contributed by atoms with van der Waals surface area (Å²) in [5.74, 6) is 0.531. The van der Waals surface area contributed by atoms with Crippen LogP contribution in [-0.4, -0.2) is 11.2 Å². The van der Waals surface area contributed by atoms with Crippen molar-refractivity contribution >= 4 is 23.4 Å². The van der Waals surface area contributed by atoms with Crippen LogP contribution in [0.1, 0.15) is 37.8 Å². The fraction of sp³-hybridized carbons (Fsp3) is 0.316. The third kappa shape index (κ3) is 4.63. The van der Waals surface area contributed by atoms with Gasteiger partial charge in [0.05, 0.1) is 5.25 Å². The molecule has 2 aromatic rings. The molecule has 22 heavy (non-hydrogen) atoms. The summed E-state index contributed by atoms with van der Waals surface area (Å²) in [6.45, 7) is 8.31. The Labute approximate surface area is 137 Å². The average molecular weight is 313 g/mol. The lowest BCUT2D eigenvalue weighted by molar-refractivity contribution is -0.115. The van der Waals surface area contributed by atoms with Crippen molar-refractivity contribution < 1.29 is 4.79 Å². The second-order valence-electron chi connectivity index (χ2n) is 5.84. The quantitative estimate of drug-likeness (QED) is 0.765. The molecule has 0 saturated carbocycles. The summed E-state index contributed by atoms with van der Waals surface area (Å²) in [7, 11) is 0. The first-order chi connectivity index (χ1) is 10.5. The van der Waals surface area contributed by atoms with Gasteiger partial charge in [-0.2, -0.15) is 0 Å². The summed E-state index contributed by atoms with van der Waals surface area (Å²) in [6.07, 6.45) is 0. The number of hydrogen-bond acceptors (Lipinski definition) is 2. The van der Waals surface area contributed by atoms with Gasteiger partial charge in [-0.25, -0.2) is 0 Å². The molecule has 0 radical (unpaired) electrons. The third-order valence-electron chi connectivity index (χ3n) is 3.55. The van der Waals surface area contributed by atoms with Gasteiger partial charge >= 0.3 is 0 Å². The lowest BCUT2D eigenvalue weighted by Crippen LogP contribution is -2.22. The largest absolute Gasteiger partial charge is 0.325 e. The van der Waals surface area contributed by atoms with E-state index in [0.29, 0.717) is 5.92 Å². The Balaban J connectivity index is 1.94. The maximum atomic E-state index is 12.3. The van der Waals surface area contributed by atoms with Gasteiger partial charge in [0.2, 0.25) is 5.91 Å². The zero-order chi connectivity index (χ0) is 16.1. The van der Waals surface area contributed by atoms with Crippen molar-refractivity contribution in [2.45, 2.75) is 43.8 Å². The first kappa shape index (κ1) is 16.6. The van der Waals surface area contributed by atoms with Crippen molar-refractivity contribution in [2.75, 3.05) is 5.32 Å². The Morgan fingerprint density at radius 3 is 2.09 bits per heavy atom. The molecule has 3 heteroatoms. The molecule has 2 rings (SSSR count). The Kier molecular flexibility index (Phi) is 5.67. The molecule has 116 valence electrons. The number of benzene rings is 2. The lowest BCUT2D eigenvalue weighted by Gasteiger charge is -2.13. The standard InChI is InChI=1S/C19H23NOS/c1-13(2)16-7-9-17(10-8-16)20-19(21)15(4)22-18-11-5-14(3)6-12-18/h5-13,15H,1-4H3,(H,20,21). The van der Waals surface area contributed by atoms with Crippen LogP contribution in [0.3, 0.4) is 0 Å². The third-order valence-corrected chi connectivity index (χ3v) is 4.66. The average Bonchev–Trinajstić information content (AvgIpc) is 2.50. The van der Waals surface area contributed by atoms with E-state index in [1.54, 1.807) is 11.8 Å². The fourth-order valence-corrected chi connectivity index (χ4v) is 2.94. The van der Waals surface area contributed by atoms with Crippen molar-refractivity contribution in [3.8, 4) is 0 Å². The van der Waals surface area contributed by atoms with Gasteiger partial charge in [-0.05, 0) is 49.6 Å². The summed E-state index contributed by atoms with van der Waals surface area (Å²) in [5.41, 5.74) is 3.36. The molecule has 1 atom stereocenters. The minimum atomic E-state index is -0.132. The van der Waals surface area contributed by atoms with E-state index >= 15 is 0 Å². The van der Waals surface area contributed by atoms with Crippen LogP contribution in [0.2, 0.25) is 0 Å². The van der Waals surface area contributed by atoms with E-state index in [-0.39, 0.29) is 11.2 Å². The summed E-state index contributed by atoms with van der Waals surface area (Å²) < 4.78 is 0. The molecule has 2 nitrogen and oxygen atoms in total. The van der Waals surface area contributed by atoms with Gasteiger partial charge in [0, 0.05) is 10.6 Å². The van der Waals surface area contributed by atoms with E-state index in [1.165, 1.54) is 11.1 Å². The highest BCUT2D eigenvalue weighted by Crippen LogP contribution is 2.25. The zero-order valence-electron chi connectivity index (χ0n) is 13.6. The molecule has 0 bridgehead atoms. The van der Waals surface area contributed by atoms with Gasteiger partial charge in [-0.1, -0.05) is 43.7 Å². The number of anilines is 1. The van der Waals surface area contributed by atoms with E-state index < -0.39 is 0 Å². The monoisotopic (exact) mass is 313 g/mol. The molecule has 0 aliphatic rings. The van der Waals surface area contributed by atoms with Crippen molar-refractivity contribution in [3.05, 3.63) is 59.7 Å². The van der Waals surface area contributed by atoms with Crippen molar-refractivity contribution in [1.29, 1.82) is 0 Å². The molecule has 0 aliphatic carbocycles. The number of aryl methyl sites for hydroxylation is 1. The number of amides is 1. The topological polar surface area (TPSA) is 29.1 Å². The molecule has 2 aromatic carbocycles. The highest BCUT2D eigenvalue weighted by atomic mass is 32.2.